The number of piperidine rings is 1. The van der Waals surface area contributed by atoms with E-state index in [2.05, 4.69) is 27.2 Å². The topological polar surface area (TPSA) is 68.7 Å². The lowest BCUT2D eigenvalue weighted by Crippen LogP contribution is -2.35. The van der Waals surface area contributed by atoms with Gasteiger partial charge in [-0.25, -0.2) is 4.98 Å². The number of nitrogens with one attached hydrogen (secondary N) is 2. The van der Waals surface area contributed by atoms with E-state index in [1.165, 1.54) is 40.6 Å². The molecule has 3 heterocycles. The Hall–Kier alpha value is -2.43. The Labute approximate surface area is 140 Å². The van der Waals surface area contributed by atoms with Crippen molar-refractivity contribution in [2.75, 3.05) is 18.0 Å². The van der Waals surface area contributed by atoms with Crippen molar-refractivity contribution in [2.24, 2.45) is 0 Å². The Morgan fingerprint density at radius 1 is 1.00 bits per heavy atom. The molecule has 0 radical (unpaired) electrons. The van der Waals surface area contributed by atoms with Crippen LogP contribution in [0.2, 0.25) is 0 Å². The van der Waals surface area contributed by atoms with E-state index in [-0.39, 0.29) is 0 Å². The molecule has 122 valence electrons. The second-order valence-corrected chi connectivity index (χ2v) is 6.98. The van der Waals surface area contributed by atoms with Gasteiger partial charge in [0.05, 0.1) is 17.2 Å². The number of anilines is 1. The molecule has 2 N–H and O–H groups in total. The minimum absolute atomic E-state index is 0.870. The minimum atomic E-state index is 0.870. The number of aromatic nitrogens is 3. The maximum Gasteiger partial charge on any atom is 0.132 e. The summed E-state index contributed by atoms with van der Waals surface area (Å²) in [6.45, 7) is 1.86. The number of benzene rings is 1. The van der Waals surface area contributed by atoms with E-state index in [0.717, 1.165) is 55.5 Å². The van der Waals surface area contributed by atoms with Crippen LogP contribution >= 0.6 is 0 Å². The first-order chi connectivity index (χ1) is 11.8. The van der Waals surface area contributed by atoms with Crippen LogP contribution in [0.15, 0.2) is 18.3 Å². The smallest absolute Gasteiger partial charge is 0.132 e. The number of H-pyrrole nitrogens is 1. The largest absolute Gasteiger partial charge is 0.356 e. The van der Waals surface area contributed by atoms with Crippen molar-refractivity contribution >= 4 is 33.3 Å². The van der Waals surface area contributed by atoms with Crippen LogP contribution < -0.4 is 4.90 Å². The fourth-order valence-electron chi connectivity index (χ4n) is 4.28. The second kappa shape index (κ2) is 5.30. The van der Waals surface area contributed by atoms with E-state index in [4.69, 9.17) is 10.4 Å². The van der Waals surface area contributed by atoms with Crippen LogP contribution in [0.25, 0.3) is 21.8 Å². The molecule has 0 atom stereocenters. The average molecular weight is 319 g/mol. The van der Waals surface area contributed by atoms with Crippen molar-refractivity contribution in [3.05, 3.63) is 29.5 Å². The van der Waals surface area contributed by atoms with Crippen LogP contribution in [0.5, 0.6) is 0 Å². The van der Waals surface area contributed by atoms with E-state index < -0.39 is 0 Å². The van der Waals surface area contributed by atoms with Gasteiger partial charge in [0.15, 0.2) is 0 Å². The third-order valence-corrected chi connectivity index (χ3v) is 5.53. The summed E-state index contributed by atoms with van der Waals surface area (Å²) in [6.07, 6.45) is 8.44. The van der Waals surface area contributed by atoms with Crippen molar-refractivity contribution < 1.29 is 0 Å². The number of nitrogens with zero attached hydrogens (tertiary/aromatic N) is 3. The van der Waals surface area contributed by atoms with Crippen molar-refractivity contribution in [3.63, 3.8) is 0 Å². The maximum atomic E-state index is 7.88. The zero-order chi connectivity index (χ0) is 16.1. The van der Waals surface area contributed by atoms with Gasteiger partial charge in [-0.05, 0) is 48.9 Å². The Kier molecular flexibility index (Phi) is 3.08. The van der Waals surface area contributed by atoms with Gasteiger partial charge in [0.2, 0.25) is 0 Å². The van der Waals surface area contributed by atoms with E-state index in [1.54, 1.807) is 0 Å². The molecule has 2 aromatic heterocycles. The molecule has 1 aliphatic carbocycles. The van der Waals surface area contributed by atoms with Crippen LogP contribution in [-0.2, 0) is 12.8 Å². The molecule has 1 aromatic carbocycles. The Bertz CT molecular complexity index is 945. The highest BCUT2D eigenvalue weighted by Crippen LogP contribution is 2.37. The SMILES string of the molecule is N=C1CCN(c2nc3ccc4[nH]ncc4c3c3c2CCCC3)CC1. The molecule has 5 nitrogen and oxygen atoms in total. The standard InChI is InChI=1S/C19H21N5/c20-12-7-9-24(10-8-12)19-14-4-2-1-3-13(14)18-15-11-21-23-16(15)5-6-17(18)22-19/h5-6,11,20H,1-4,7-10H2,(H,21,23). The monoisotopic (exact) mass is 319 g/mol. The zero-order valence-electron chi connectivity index (χ0n) is 13.7. The summed E-state index contributed by atoms with van der Waals surface area (Å²) in [7, 11) is 0. The number of aryl methyl sites for hydroxylation is 1. The van der Waals surface area contributed by atoms with Gasteiger partial charge in [-0.1, -0.05) is 0 Å². The van der Waals surface area contributed by atoms with Crippen LogP contribution in [0.3, 0.4) is 0 Å². The van der Waals surface area contributed by atoms with Gasteiger partial charge in [-0.2, -0.15) is 5.10 Å². The summed E-state index contributed by atoms with van der Waals surface area (Å²) in [5.41, 5.74) is 5.97. The Morgan fingerprint density at radius 3 is 2.62 bits per heavy atom. The number of hydrogen-bond donors (Lipinski definition) is 2. The summed E-state index contributed by atoms with van der Waals surface area (Å²) in [6, 6.07) is 4.21. The summed E-state index contributed by atoms with van der Waals surface area (Å²) in [5.74, 6) is 1.17. The number of fused-ring (bicyclic) bond motifs is 5. The van der Waals surface area contributed by atoms with Crippen molar-refractivity contribution in [1.82, 2.24) is 15.2 Å². The van der Waals surface area contributed by atoms with Crippen molar-refractivity contribution in [3.8, 4) is 0 Å². The normalized spacial score (nSPS) is 18.3. The summed E-state index contributed by atoms with van der Waals surface area (Å²) < 4.78 is 0. The Balaban J connectivity index is 1.76. The summed E-state index contributed by atoms with van der Waals surface area (Å²) in [4.78, 5) is 7.48. The molecule has 24 heavy (non-hydrogen) atoms. The molecule has 5 heteroatoms. The molecule has 0 spiro atoms. The molecule has 0 amide bonds. The fraction of sp³-hybridized carbons (Fsp3) is 0.421. The first-order valence-electron chi connectivity index (χ1n) is 8.90. The van der Waals surface area contributed by atoms with Gasteiger partial charge >= 0.3 is 0 Å². The first kappa shape index (κ1) is 14.0. The Morgan fingerprint density at radius 2 is 1.79 bits per heavy atom. The number of pyridine rings is 1. The van der Waals surface area contributed by atoms with Gasteiger partial charge in [0.25, 0.3) is 0 Å². The highest BCUT2D eigenvalue weighted by atomic mass is 15.2. The molecule has 5 rings (SSSR count). The minimum Gasteiger partial charge on any atom is -0.356 e. The molecule has 1 fully saturated rings. The molecule has 3 aromatic rings. The molecule has 0 unspecified atom stereocenters. The fourth-order valence-corrected chi connectivity index (χ4v) is 4.28. The highest BCUT2D eigenvalue weighted by molar-refractivity contribution is 6.07. The molecular formula is C19H21N5. The third kappa shape index (κ3) is 2.04. The summed E-state index contributed by atoms with van der Waals surface area (Å²) in [5, 5.41) is 17.7. The predicted molar refractivity (Wildman–Crippen MR) is 97.2 cm³/mol. The van der Waals surface area contributed by atoms with Crippen molar-refractivity contribution in [2.45, 2.75) is 38.5 Å². The van der Waals surface area contributed by atoms with Gasteiger partial charge in [0.1, 0.15) is 5.82 Å². The number of rotatable bonds is 1. The van der Waals surface area contributed by atoms with Gasteiger partial charge in [0, 0.05) is 42.4 Å². The molecule has 1 aliphatic heterocycles. The zero-order valence-corrected chi connectivity index (χ0v) is 13.7. The van der Waals surface area contributed by atoms with E-state index in [0.29, 0.717) is 0 Å². The van der Waals surface area contributed by atoms with E-state index in [9.17, 15) is 0 Å². The average Bonchev–Trinajstić information content (AvgIpc) is 3.10. The van der Waals surface area contributed by atoms with Crippen molar-refractivity contribution in [1.29, 1.82) is 5.41 Å². The lowest BCUT2D eigenvalue weighted by Gasteiger charge is -2.32. The molecule has 1 saturated heterocycles. The van der Waals surface area contributed by atoms with Crippen LogP contribution in [0, 0.1) is 5.41 Å². The quantitative estimate of drug-likeness (QED) is 0.720. The van der Waals surface area contributed by atoms with Crippen LogP contribution in [0.1, 0.15) is 36.8 Å². The molecule has 2 aliphatic rings. The highest BCUT2D eigenvalue weighted by Gasteiger charge is 2.24. The molecule has 0 bridgehead atoms. The molecule has 0 saturated carbocycles. The maximum absolute atomic E-state index is 7.88. The first-order valence-corrected chi connectivity index (χ1v) is 8.90. The lowest BCUT2D eigenvalue weighted by atomic mass is 9.88. The van der Waals surface area contributed by atoms with E-state index in [1.807, 2.05) is 6.20 Å². The molecular weight excluding hydrogens is 298 g/mol. The lowest BCUT2D eigenvalue weighted by molar-refractivity contribution is 0.673. The number of aromatic amines is 1. The second-order valence-electron chi connectivity index (χ2n) is 6.98. The van der Waals surface area contributed by atoms with E-state index >= 15 is 0 Å². The predicted octanol–water partition coefficient (Wildman–Crippen LogP) is 3.61. The third-order valence-electron chi connectivity index (χ3n) is 5.53. The van der Waals surface area contributed by atoms with Gasteiger partial charge < -0.3 is 10.3 Å². The number of hydrogen-bond acceptors (Lipinski definition) is 4. The summed E-state index contributed by atoms with van der Waals surface area (Å²) >= 11 is 0. The van der Waals surface area contributed by atoms with Crippen LogP contribution in [-0.4, -0.2) is 34.0 Å². The van der Waals surface area contributed by atoms with Crippen LogP contribution in [0.4, 0.5) is 5.82 Å². The van der Waals surface area contributed by atoms with Gasteiger partial charge in [-0.3, -0.25) is 5.10 Å². The van der Waals surface area contributed by atoms with Gasteiger partial charge in [-0.15, -0.1) is 0 Å².